The van der Waals surface area contributed by atoms with Gasteiger partial charge in [-0.3, -0.25) is 0 Å². The summed E-state index contributed by atoms with van der Waals surface area (Å²) in [4.78, 5) is 22.6. The number of hydrogen-bond acceptors (Lipinski definition) is 3. The van der Waals surface area contributed by atoms with Crippen LogP contribution in [0.25, 0.3) is 0 Å². The SMILES string of the molecule is CC(C)(C)OC(=O)NC(C=O)c1ccc(F)cc1C(F)(F)F. The van der Waals surface area contributed by atoms with Crippen LogP contribution in [0.5, 0.6) is 0 Å². The highest BCUT2D eigenvalue weighted by Gasteiger charge is 2.36. The van der Waals surface area contributed by atoms with Crippen LogP contribution in [-0.2, 0) is 15.7 Å². The van der Waals surface area contributed by atoms with E-state index < -0.39 is 40.9 Å². The molecule has 0 aliphatic rings. The van der Waals surface area contributed by atoms with Crippen molar-refractivity contribution in [3.05, 3.63) is 35.1 Å². The van der Waals surface area contributed by atoms with Gasteiger partial charge in [-0.1, -0.05) is 6.07 Å². The van der Waals surface area contributed by atoms with E-state index in [4.69, 9.17) is 4.74 Å². The molecule has 122 valence electrons. The molecule has 0 spiro atoms. The number of carbonyl (C=O) groups excluding carboxylic acids is 2. The minimum atomic E-state index is -4.87. The first-order chi connectivity index (χ1) is 9.94. The predicted octanol–water partition coefficient (Wildman–Crippen LogP) is 3.61. The van der Waals surface area contributed by atoms with E-state index >= 15 is 0 Å². The van der Waals surface area contributed by atoms with Crippen LogP contribution in [0.15, 0.2) is 18.2 Å². The molecule has 0 bridgehead atoms. The molecular weight excluding hydrogens is 306 g/mol. The standard InChI is InChI=1S/C14H15F4NO3/c1-13(2,3)22-12(21)19-11(7-20)9-5-4-8(15)6-10(9)14(16,17)18/h4-7,11H,1-3H3,(H,19,21). The summed E-state index contributed by atoms with van der Waals surface area (Å²) in [5, 5.41) is 2.02. The summed E-state index contributed by atoms with van der Waals surface area (Å²) in [7, 11) is 0. The van der Waals surface area contributed by atoms with Gasteiger partial charge in [0.15, 0.2) is 0 Å². The minimum Gasteiger partial charge on any atom is -0.444 e. The van der Waals surface area contributed by atoms with Crippen LogP contribution in [0.2, 0.25) is 0 Å². The van der Waals surface area contributed by atoms with E-state index in [2.05, 4.69) is 0 Å². The van der Waals surface area contributed by atoms with E-state index in [1.54, 1.807) is 20.8 Å². The summed E-state index contributed by atoms with van der Waals surface area (Å²) in [5.41, 5.74) is -2.77. The molecule has 1 unspecified atom stereocenters. The van der Waals surface area contributed by atoms with Crippen LogP contribution in [0, 0.1) is 5.82 Å². The molecule has 0 heterocycles. The summed E-state index contributed by atoms with van der Waals surface area (Å²) in [6, 6.07) is 0.238. The molecule has 4 nitrogen and oxygen atoms in total. The lowest BCUT2D eigenvalue weighted by Gasteiger charge is -2.23. The van der Waals surface area contributed by atoms with Crippen molar-refractivity contribution >= 4 is 12.4 Å². The maximum absolute atomic E-state index is 13.0. The second-order valence-corrected chi connectivity index (χ2v) is 5.49. The Morgan fingerprint density at radius 3 is 2.32 bits per heavy atom. The molecule has 0 saturated heterocycles. The summed E-state index contributed by atoms with van der Waals surface area (Å²) in [5.74, 6) is -1.10. The Labute approximate surface area is 124 Å². The molecule has 1 rings (SSSR count). The summed E-state index contributed by atoms with van der Waals surface area (Å²) >= 11 is 0. The number of nitrogens with one attached hydrogen (secondary N) is 1. The molecule has 1 atom stereocenters. The van der Waals surface area contributed by atoms with Crippen LogP contribution >= 0.6 is 0 Å². The number of alkyl carbamates (subject to hydrolysis) is 1. The Hall–Kier alpha value is -2.12. The number of carbonyl (C=O) groups is 2. The lowest BCUT2D eigenvalue weighted by molar-refractivity contribution is -0.138. The van der Waals surface area contributed by atoms with Gasteiger partial charge in [0.1, 0.15) is 23.7 Å². The lowest BCUT2D eigenvalue weighted by Crippen LogP contribution is -2.36. The summed E-state index contributed by atoms with van der Waals surface area (Å²) < 4.78 is 56.6. The number of benzene rings is 1. The van der Waals surface area contributed by atoms with Crippen LogP contribution in [0.1, 0.15) is 37.9 Å². The number of halogens is 4. The number of amides is 1. The van der Waals surface area contributed by atoms with Crippen molar-refractivity contribution in [1.82, 2.24) is 5.32 Å². The van der Waals surface area contributed by atoms with Crippen molar-refractivity contribution in [1.29, 1.82) is 0 Å². The molecule has 1 amide bonds. The topological polar surface area (TPSA) is 55.4 Å². The fourth-order valence-corrected chi connectivity index (χ4v) is 1.66. The van der Waals surface area contributed by atoms with E-state index in [0.29, 0.717) is 0 Å². The van der Waals surface area contributed by atoms with Gasteiger partial charge < -0.3 is 14.8 Å². The van der Waals surface area contributed by atoms with Crippen LogP contribution in [0.4, 0.5) is 22.4 Å². The summed E-state index contributed by atoms with van der Waals surface area (Å²) in [6.45, 7) is 4.67. The molecule has 1 aromatic carbocycles. The van der Waals surface area contributed by atoms with Crippen LogP contribution in [-0.4, -0.2) is 18.0 Å². The monoisotopic (exact) mass is 321 g/mol. The predicted molar refractivity (Wildman–Crippen MR) is 69.6 cm³/mol. The zero-order chi connectivity index (χ0) is 17.1. The number of aldehydes is 1. The average Bonchev–Trinajstić information content (AvgIpc) is 2.33. The van der Waals surface area contributed by atoms with Gasteiger partial charge in [0, 0.05) is 0 Å². The minimum absolute atomic E-state index is 0.117. The van der Waals surface area contributed by atoms with Crippen molar-refractivity contribution in [3.63, 3.8) is 0 Å². The number of ether oxygens (including phenoxy) is 1. The first-order valence-electron chi connectivity index (χ1n) is 6.25. The van der Waals surface area contributed by atoms with Crippen LogP contribution in [0.3, 0.4) is 0 Å². The van der Waals surface area contributed by atoms with Gasteiger partial charge in [-0.15, -0.1) is 0 Å². The van der Waals surface area contributed by atoms with E-state index in [-0.39, 0.29) is 12.4 Å². The Morgan fingerprint density at radius 1 is 1.27 bits per heavy atom. The van der Waals surface area contributed by atoms with Gasteiger partial charge in [-0.05, 0) is 38.5 Å². The highest BCUT2D eigenvalue weighted by molar-refractivity contribution is 5.75. The second-order valence-electron chi connectivity index (χ2n) is 5.49. The number of hydrogen-bond donors (Lipinski definition) is 1. The zero-order valence-corrected chi connectivity index (χ0v) is 12.1. The normalized spacial score (nSPS) is 13.4. The Morgan fingerprint density at radius 2 is 1.86 bits per heavy atom. The molecule has 0 aliphatic carbocycles. The van der Waals surface area contributed by atoms with E-state index in [1.807, 2.05) is 5.32 Å². The first kappa shape index (κ1) is 17.9. The fourth-order valence-electron chi connectivity index (χ4n) is 1.66. The molecule has 1 N–H and O–H groups in total. The van der Waals surface area contributed by atoms with Gasteiger partial charge in [0.05, 0.1) is 5.56 Å². The van der Waals surface area contributed by atoms with Crippen LogP contribution < -0.4 is 5.32 Å². The molecule has 1 aromatic rings. The molecule has 0 saturated carbocycles. The highest BCUT2D eigenvalue weighted by atomic mass is 19.4. The molecule has 0 aliphatic heterocycles. The van der Waals surface area contributed by atoms with Gasteiger partial charge in [-0.25, -0.2) is 9.18 Å². The molecule has 0 radical (unpaired) electrons. The van der Waals surface area contributed by atoms with Gasteiger partial charge in [0.25, 0.3) is 0 Å². The highest BCUT2D eigenvalue weighted by Crippen LogP contribution is 2.34. The van der Waals surface area contributed by atoms with Crippen molar-refractivity contribution in [2.24, 2.45) is 0 Å². The third kappa shape index (κ3) is 5.01. The molecule has 0 fully saturated rings. The van der Waals surface area contributed by atoms with Crippen molar-refractivity contribution < 1.29 is 31.9 Å². The lowest BCUT2D eigenvalue weighted by atomic mass is 10.0. The second kappa shape index (κ2) is 6.33. The van der Waals surface area contributed by atoms with Gasteiger partial charge in [-0.2, -0.15) is 13.2 Å². The van der Waals surface area contributed by atoms with Crippen molar-refractivity contribution in [3.8, 4) is 0 Å². The maximum Gasteiger partial charge on any atom is 0.416 e. The van der Waals surface area contributed by atoms with Crippen molar-refractivity contribution in [2.75, 3.05) is 0 Å². The largest absolute Gasteiger partial charge is 0.444 e. The Balaban J connectivity index is 3.11. The molecule has 0 aromatic heterocycles. The molecule has 8 heteroatoms. The molecular formula is C14H15F4NO3. The summed E-state index contributed by atoms with van der Waals surface area (Å²) in [6.07, 6.45) is -5.80. The Kier molecular flexibility index (Phi) is 5.16. The zero-order valence-electron chi connectivity index (χ0n) is 12.1. The molecule has 22 heavy (non-hydrogen) atoms. The third-order valence-corrected chi connectivity index (χ3v) is 2.46. The average molecular weight is 321 g/mol. The fraction of sp³-hybridized carbons (Fsp3) is 0.429. The van der Waals surface area contributed by atoms with E-state index in [0.717, 1.165) is 12.1 Å². The maximum atomic E-state index is 13.0. The van der Waals surface area contributed by atoms with Gasteiger partial charge in [0.2, 0.25) is 0 Å². The Bertz CT molecular complexity index is 564. The van der Waals surface area contributed by atoms with E-state index in [1.165, 1.54) is 0 Å². The van der Waals surface area contributed by atoms with Crippen molar-refractivity contribution in [2.45, 2.75) is 38.6 Å². The third-order valence-electron chi connectivity index (χ3n) is 2.46. The smallest absolute Gasteiger partial charge is 0.416 e. The van der Waals surface area contributed by atoms with E-state index in [9.17, 15) is 27.2 Å². The van der Waals surface area contributed by atoms with Gasteiger partial charge >= 0.3 is 12.3 Å². The number of rotatable bonds is 3. The number of alkyl halides is 3. The first-order valence-corrected chi connectivity index (χ1v) is 6.25. The quantitative estimate of drug-likeness (QED) is 0.683.